The molecular weight excluding hydrogens is 318 g/mol. The molecule has 2 aromatic rings. The number of carbonyl (C=O) groups is 1. The van der Waals surface area contributed by atoms with E-state index in [9.17, 15) is 4.79 Å². The van der Waals surface area contributed by atoms with Gasteiger partial charge in [0.25, 0.3) is 6.47 Å². The van der Waals surface area contributed by atoms with Crippen LogP contribution in [0.15, 0.2) is 24.3 Å². The Labute approximate surface area is 146 Å². The number of carbonyl (C=O) groups excluding carboxylic acids is 1. The van der Waals surface area contributed by atoms with E-state index in [-0.39, 0.29) is 5.60 Å². The molecule has 7 nitrogen and oxygen atoms in total. The first-order valence-corrected chi connectivity index (χ1v) is 8.21. The Morgan fingerprint density at radius 2 is 1.88 bits per heavy atom. The first-order valence-electron chi connectivity index (χ1n) is 8.21. The van der Waals surface area contributed by atoms with Crippen molar-refractivity contribution < 1.29 is 9.53 Å². The smallest absolute Gasteiger partial charge is 0.293 e. The maximum atomic E-state index is 9.60. The van der Waals surface area contributed by atoms with Crippen LogP contribution in [0.5, 0.6) is 0 Å². The van der Waals surface area contributed by atoms with E-state index in [1.807, 2.05) is 37.6 Å². The van der Waals surface area contributed by atoms with Crippen molar-refractivity contribution in [3.05, 3.63) is 30.0 Å². The van der Waals surface area contributed by atoms with Crippen LogP contribution in [0.2, 0.25) is 0 Å². The largest absolute Gasteiger partial charge is 0.462 e. The molecule has 3 heterocycles. The van der Waals surface area contributed by atoms with E-state index in [4.69, 9.17) is 5.73 Å². The topological polar surface area (TPSA) is 88.0 Å². The summed E-state index contributed by atoms with van der Waals surface area (Å²) in [6.45, 7) is 10.1. The maximum absolute atomic E-state index is 9.60. The highest BCUT2D eigenvalue weighted by Crippen LogP contribution is 2.36. The minimum absolute atomic E-state index is 0.318. The van der Waals surface area contributed by atoms with E-state index in [2.05, 4.69) is 40.9 Å². The number of nitrogens with zero attached hydrogens (tertiary/aromatic N) is 4. The molecule has 0 spiro atoms. The van der Waals surface area contributed by atoms with Gasteiger partial charge in [-0.3, -0.25) is 4.79 Å². The summed E-state index contributed by atoms with van der Waals surface area (Å²) in [5.41, 5.74) is 8.88. The first kappa shape index (κ1) is 17.0. The van der Waals surface area contributed by atoms with Gasteiger partial charge >= 0.3 is 0 Å². The summed E-state index contributed by atoms with van der Waals surface area (Å²) in [5, 5.41) is 9.95. The van der Waals surface area contributed by atoms with Crippen LogP contribution in [0.4, 0.5) is 5.82 Å². The van der Waals surface area contributed by atoms with Crippen molar-refractivity contribution in [3.8, 4) is 11.5 Å². The van der Waals surface area contributed by atoms with E-state index in [0.717, 1.165) is 17.2 Å². The number of fused-ring (bicyclic) bond motifs is 4. The number of aromatic nitrogens is 4. The van der Waals surface area contributed by atoms with Gasteiger partial charge in [-0.1, -0.05) is 13.8 Å². The number of rotatable bonds is 3. The molecule has 0 saturated carbocycles. The average molecular weight is 341 g/mol. The van der Waals surface area contributed by atoms with Crippen LogP contribution in [0.25, 0.3) is 22.4 Å². The zero-order valence-corrected chi connectivity index (χ0v) is 15.1. The van der Waals surface area contributed by atoms with Gasteiger partial charge in [0.2, 0.25) is 0 Å². The number of benzene rings is 1. The van der Waals surface area contributed by atoms with Crippen molar-refractivity contribution in [1.82, 2.24) is 19.6 Å². The second kappa shape index (κ2) is 5.91. The van der Waals surface area contributed by atoms with Gasteiger partial charge < -0.3 is 10.5 Å². The monoisotopic (exact) mass is 341 g/mol. The molecule has 2 N–H and O–H groups in total. The summed E-state index contributed by atoms with van der Waals surface area (Å²) < 4.78 is 8.28. The van der Waals surface area contributed by atoms with Crippen molar-refractivity contribution in [2.75, 3.05) is 5.73 Å². The third kappa shape index (κ3) is 3.35. The number of anilines is 1. The number of nitrogens with two attached hydrogens (primary N) is 1. The quantitative estimate of drug-likeness (QED) is 0.578. The highest BCUT2D eigenvalue weighted by atomic mass is 16.5. The van der Waals surface area contributed by atoms with Gasteiger partial charge in [0.1, 0.15) is 11.4 Å². The van der Waals surface area contributed by atoms with E-state index < -0.39 is 0 Å². The van der Waals surface area contributed by atoms with Crippen LogP contribution in [-0.4, -0.2) is 31.6 Å². The van der Waals surface area contributed by atoms with Crippen LogP contribution in [0.3, 0.4) is 0 Å². The predicted octanol–water partition coefficient (Wildman–Crippen LogP) is 3.19. The molecule has 2 aliphatic heterocycles. The van der Waals surface area contributed by atoms with Gasteiger partial charge in [-0.25, -0.2) is 9.36 Å². The van der Waals surface area contributed by atoms with E-state index in [0.29, 0.717) is 18.2 Å². The maximum Gasteiger partial charge on any atom is 0.293 e. The normalized spacial score (nSPS) is 12.1. The molecule has 25 heavy (non-hydrogen) atoms. The standard InChI is InChI=1S/C13H13N5.C5H10O2/c1-7(2)10-6-12(14)17(15-10)8-3-4-11-9(5-8)13-16-18(11)13;1-5(2,3)7-4-6/h3-7H,14H2,1-2H3;4H,1-3H3. The lowest BCUT2D eigenvalue weighted by Crippen LogP contribution is -2.17. The Bertz CT molecular complexity index is 931. The lowest BCUT2D eigenvalue weighted by Gasteiger charge is -2.14. The first-order chi connectivity index (χ1) is 11.7. The van der Waals surface area contributed by atoms with Gasteiger partial charge in [-0.2, -0.15) is 5.10 Å². The molecule has 0 fully saturated rings. The van der Waals surface area contributed by atoms with E-state index >= 15 is 0 Å². The second-order valence-electron chi connectivity index (χ2n) is 7.32. The second-order valence-corrected chi connectivity index (χ2v) is 7.32. The predicted molar refractivity (Wildman–Crippen MR) is 97.2 cm³/mol. The molecule has 0 aliphatic carbocycles. The highest BCUT2D eigenvalue weighted by molar-refractivity contribution is 5.97. The van der Waals surface area contributed by atoms with Crippen molar-refractivity contribution >= 4 is 23.2 Å². The summed E-state index contributed by atoms with van der Waals surface area (Å²) in [6.07, 6.45) is 0. The van der Waals surface area contributed by atoms with Gasteiger partial charge in [0.15, 0.2) is 5.82 Å². The molecular formula is C18H23N5O2. The lowest BCUT2D eigenvalue weighted by molar-refractivity contribution is -0.138. The van der Waals surface area contributed by atoms with Crippen molar-refractivity contribution in [2.45, 2.75) is 46.1 Å². The molecule has 0 radical (unpaired) electrons. The van der Waals surface area contributed by atoms with Crippen LogP contribution < -0.4 is 5.73 Å². The molecule has 0 bridgehead atoms. The van der Waals surface area contributed by atoms with Crippen molar-refractivity contribution in [3.63, 3.8) is 0 Å². The molecule has 132 valence electrons. The fourth-order valence-corrected chi connectivity index (χ4v) is 2.42. The molecule has 0 saturated heterocycles. The minimum atomic E-state index is -0.318. The zero-order valence-electron chi connectivity index (χ0n) is 15.1. The lowest BCUT2D eigenvalue weighted by atomic mass is 10.1. The molecule has 4 rings (SSSR count). The zero-order chi connectivity index (χ0) is 18.4. The highest BCUT2D eigenvalue weighted by Gasteiger charge is 2.26. The fraction of sp³-hybridized carbons (Fsp3) is 0.389. The Kier molecular flexibility index (Phi) is 4.02. The third-order valence-electron chi connectivity index (χ3n) is 3.80. The van der Waals surface area contributed by atoms with E-state index in [1.165, 1.54) is 10.9 Å². The third-order valence-corrected chi connectivity index (χ3v) is 3.80. The average Bonchev–Trinajstić information content (AvgIpc) is 3.09. The summed E-state index contributed by atoms with van der Waals surface area (Å²) in [6, 6.07) is 8.11. The van der Waals surface area contributed by atoms with Gasteiger partial charge in [-0.05, 0) is 44.9 Å². The van der Waals surface area contributed by atoms with Crippen molar-refractivity contribution in [1.29, 1.82) is 0 Å². The van der Waals surface area contributed by atoms with Crippen LogP contribution in [0.1, 0.15) is 46.2 Å². The summed E-state index contributed by atoms with van der Waals surface area (Å²) in [5.74, 6) is 2.12. The Balaban J connectivity index is 0.000000225. The summed E-state index contributed by atoms with van der Waals surface area (Å²) in [4.78, 5) is 9.60. The number of nitrogen functional groups attached to an aromatic ring is 1. The molecule has 0 amide bonds. The number of ether oxygens (including phenoxy) is 1. The molecule has 1 aromatic carbocycles. The Hall–Kier alpha value is -2.83. The fourth-order valence-electron chi connectivity index (χ4n) is 2.42. The van der Waals surface area contributed by atoms with Gasteiger partial charge in [0.05, 0.1) is 16.9 Å². The Morgan fingerprint density at radius 1 is 1.16 bits per heavy atom. The molecule has 7 heteroatoms. The molecule has 2 aliphatic rings. The van der Waals surface area contributed by atoms with Crippen LogP contribution in [-0.2, 0) is 9.53 Å². The van der Waals surface area contributed by atoms with Crippen molar-refractivity contribution in [2.24, 2.45) is 0 Å². The summed E-state index contributed by atoms with van der Waals surface area (Å²) in [7, 11) is 0. The molecule has 0 unspecified atom stereocenters. The van der Waals surface area contributed by atoms with Crippen LogP contribution >= 0.6 is 0 Å². The molecule has 1 aromatic heterocycles. The van der Waals surface area contributed by atoms with E-state index in [1.54, 1.807) is 4.68 Å². The summed E-state index contributed by atoms with van der Waals surface area (Å²) >= 11 is 0. The molecule has 0 atom stereocenters. The SMILES string of the molecule is CC(C)(C)OC=O.CC(C)c1cc(N)n(-c2ccc3c(c2)c2nn3-2)n1. The number of hydrogen-bond donors (Lipinski definition) is 1. The minimum Gasteiger partial charge on any atom is -0.462 e. The number of hydrogen-bond acceptors (Lipinski definition) is 5. The van der Waals surface area contributed by atoms with Gasteiger partial charge in [-0.15, -0.1) is 5.10 Å². The Morgan fingerprint density at radius 3 is 2.40 bits per heavy atom. The van der Waals surface area contributed by atoms with Crippen LogP contribution in [0, 0.1) is 0 Å². The van der Waals surface area contributed by atoms with Gasteiger partial charge in [0, 0.05) is 11.5 Å².